The van der Waals surface area contributed by atoms with Crippen LogP contribution in [0.3, 0.4) is 0 Å². The van der Waals surface area contributed by atoms with Crippen LogP contribution in [0.1, 0.15) is 24.7 Å². The Morgan fingerprint density at radius 3 is 2.79 bits per heavy atom. The van der Waals surface area contributed by atoms with Gasteiger partial charge in [0.2, 0.25) is 5.95 Å². The molecule has 0 aromatic carbocycles. The summed E-state index contributed by atoms with van der Waals surface area (Å²) in [5.74, 6) is 0.886. The lowest BCUT2D eigenvalue weighted by Gasteiger charge is -2.08. The molecule has 0 aliphatic heterocycles. The predicted octanol–water partition coefficient (Wildman–Crippen LogP) is 1.03. The first-order chi connectivity index (χ1) is 9.01. The number of nitrogens with one attached hydrogen (secondary N) is 1. The van der Waals surface area contributed by atoms with E-state index in [1.165, 1.54) is 0 Å². The Morgan fingerprint density at radius 1 is 1.42 bits per heavy atom. The fourth-order valence-electron chi connectivity index (χ4n) is 1.61. The second-order valence-corrected chi connectivity index (χ2v) is 4.73. The summed E-state index contributed by atoms with van der Waals surface area (Å²) in [4.78, 5) is 15.0. The first-order valence-electron chi connectivity index (χ1n) is 6.57. The minimum absolute atomic E-state index is 0.367. The van der Waals surface area contributed by atoms with E-state index in [9.17, 15) is 0 Å². The highest BCUT2D eigenvalue weighted by molar-refractivity contribution is 5.90. The SMILES string of the molecule is CCc1cc(C)nc(NC(N)=NCCCN(C)C)n1. The molecular formula is C13H24N6. The number of nitrogens with zero attached hydrogens (tertiary/aromatic N) is 4. The van der Waals surface area contributed by atoms with E-state index < -0.39 is 0 Å². The number of anilines is 1. The van der Waals surface area contributed by atoms with Gasteiger partial charge in [-0.25, -0.2) is 9.97 Å². The highest BCUT2D eigenvalue weighted by atomic mass is 15.2. The third-order valence-corrected chi connectivity index (χ3v) is 2.55. The van der Waals surface area contributed by atoms with Crippen molar-refractivity contribution in [2.75, 3.05) is 32.5 Å². The van der Waals surface area contributed by atoms with E-state index >= 15 is 0 Å². The third kappa shape index (κ3) is 6.15. The van der Waals surface area contributed by atoms with Crippen LogP contribution >= 0.6 is 0 Å². The molecule has 1 aromatic rings. The second-order valence-electron chi connectivity index (χ2n) is 4.73. The largest absolute Gasteiger partial charge is 0.370 e. The summed E-state index contributed by atoms with van der Waals surface area (Å²) < 4.78 is 0. The molecule has 0 spiro atoms. The molecule has 3 N–H and O–H groups in total. The number of nitrogens with two attached hydrogens (primary N) is 1. The van der Waals surface area contributed by atoms with Crippen LogP contribution in [0.4, 0.5) is 5.95 Å². The van der Waals surface area contributed by atoms with Crippen LogP contribution in [0.5, 0.6) is 0 Å². The Morgan fingerprint density at radius 2 is 2.16 bits per heavy atom. The smallest absolute Gasteiger partial charge is 0.229 e. The second kappa shape index (κ2) is 7.68. The highest BCUT2D eigenvalue weighted by Crippen LogP contribution is 2.05. The highest BCUT2D eigenvalue weighted by Gasteiger charge is 2.02. The molecule has 6 heteroatoms. The molecule has 0 saturated carbocycles. The monoisotopic (exact) mass is 264 g/mol. The fourth-order valence-corrected chi connectivity index (χ4v) is 1.61. The number of hydrogen-bond donors (Lipinski definition) is 2. The van der Waals surface area contributed by atoms with Crippen LogP contribution in [-0.2, 0) is 6.42 Å². The summed E-state index contributed by atoms with van der Waals surface area (Å²) in [7, 11) is 4.08. The van der Waals surface area contributed by atoms with E-state index in [0.717, 1.165) is 30.8 Å². The summed E-state index contributed by atoms with van der Waals surface area (Å²) >= 11 is 0. The Hall–Kier alpha value is -1.69. The lowest BCUT2D eigenvalue weighted by molar-refractivity contribution is 0.403. The molecule has 106 valence electrons. The van der Waals surface area contributed by atoms with Gasteiger partial charge in [0.05, 0.1) is 0 Å². The van der Waals surface area contributed by atoms with Gasteiger partial charge in [0.1, 0.15) is 0 Å². The lowest BCUT2D eigenvalue weighted by atomic mass is 10.3. The summed E-state index contributed by atoms with van der Waals surface area (Å²) in [6.45, 7) is 5.70. The molecule has 0 fully saturated rings. The summed E-state index contributed by atoms with van der Waals surface area (Å²) in [6, 6.07) is 1.97. The average molecular weight is 264 g/mol. The maximum absolute atomic E-state index is 5.81. The van der Waals surface area contributed by atoms with Crippen molar-refractivity contribution in [3.05, 3.63) is 17.5 Å². The fraction of sp³-hybridized carbons (Fsp3) is 0.615. The maximum atomic E-state index is 5.81. The molecule has 0 aliphatic carbocycles. The number of hydrogen-bond acceptors (Lipinski definition) is 4. The molecule has 1 rings (SSSR count). The van der Waals surface area contributed by atoms with Gasteiger partial charge in [-0.05, 0) is 46.5 Å². The van der Waals surface area contributed by atoms with Crippen LogP contribution in [0, 0.1) is 6.92 Å². The van der Waals surface area contributed by atoms with Crippen molar-refractivity contribution in [3.8, 4) is 0 Å². The summed E-state index contributed by atoms with van der Waals surface area (Å²) in [6.07, 6.45) is 1.85. The van der Waals surface area contributed by atoms with Crippen LogP contribution in [-0.4, -0.2) is 48.0 Å². The zero-order valence-corrected chi connectivity index (χ0v) is 12.3. The van der Waals surface area contributed by atoms with Gasteiger partial charge in [0.25, 0.3) is 0 Å². The van der Waals surface area contributed by atoms with Gasteiger partial charge in [-0.2, -0.15) is 0 Å². The zero-order valence-electron chi connectivity index (χ0n) is 12.3. The molecule has 0 amide bonds. The van der Waals surface area contributed by atoms with Crippen molar-refractivity contribution >= 4 is 11.9 Å². The first kappa shape index (κ1) is 15.4. The minimum atomic E-state index is 0.367. The van der Waals surface area contributed by atoms with Crippen molar-refractivity contribution in [1.82, 2.24) is 14.9 Å². The van der Waals surface area contributed by atoms with Gasteiger partial charge in [0, 0.05) is 17.9 Å². The average Bonchev–Trinajstić information content (AvgIpc) is 2.33. The molecular weight excluding hydrogens is 240 g/mol. The van der Waals surface area contributed by atoms with Crippen molar-refractivity contribution in [2.45, 2.75) is 26.7 Å². The van der Waals surface area contributed by atoms with E-state index in [4.69, 9.17) is 5.73 Å². The van der Waals surface area contributed by atoms with Crippen molar-refractivity contribution in [3.63, 3.8) is 0 Å². The number of aryl methyl sites for hydroxylation is 2. The Labute approximate surface area is 115 Å². The van der Waals surface area contributed by atoms with Gasteiger partial charge in [-0.3, -0.25) is 10.3 Å². The minimum Gasteiger partial charge on any atom is -0.370 e. The topological polar surface area (TPSA) is 79.4 Å². The normalized spacial score (nSPS) is 11.9. The molecule has 0 radical (unpaired) electrons. The van der Waals surface area contributed by atoms with E-state index in [1.54, 1.807) is 0 Å². The van der Waals surface area contributed by atoms with Crippen LogP contribution in [0.25, 0.3) is 0 Å². The van der Waals surface area contributed by atoms with Crippen molar-refractivity contribution in [2.24, 2.45) is 10.7 Å². The Kier molecular flexibility index (Phi) is 6.21. The third-order valence-electron chi connectivity index (χ3n) is 2.55. The first-order valence-corrected chi connectivity index (χ1v) is 6.57. The molecule has 19 heavy (non-hydrogen) atoms. The summed E-state index contributed by atoms with van der Waals surface area (Å²) in [5, 5.41) is 2.94. The molecule has 0 aliphatic rings. The number of aliphatic imine (C=N–C) groups is 1. The van der Waals surface area contributed by atoms with Gasteiger partial charge in [0.15, 0.2) is 5.96 Å². The molecule has 1 aromatic heterocycles. The quantitative estimate of drug-likeness (QED) is 0.456. The Balaban J connectivity index is 2.53. The van der Waals surface area contributed by atoms with Crippen LogP contribution in [0.15, 0.2) is 11.1 Å². The van der Waals surface area contributed by atoms with Gasteiger partial charge < -0.3 is 10.6 Å². The molecule has 0 bridgehead atoms. The van der Waals surface area contributed by atoms with Crippen LogP contribution in [0.2, 0.25) is 0 Å². The van der Waals surface area contributed by atoms with E-state index in [2.05, 4.69) is 32.1 Å². The van der Waals surface area contributed by atoms with E-state index in [1.807, 2.05) is 27.1 Å². The predicted molar refractivity (Wildman–Crippen MR) is 79.4 cm³/mol. The van der Waals surface area contributed by atoms with E-state index in [-0.39, 0.29) is 0 Å². The number of guanidine groups is 1. The maximum Gasteiger partial charge on any atom is 0.229 e. The van der Waals surface area contributed by atoms with Crippen molar-refractivity contribution < 1.29 is 0 Å². The van der Waals surface area contributed by atoms with E-state index in [0.29, 0.717) is 18.5 Å². The molecule has 0 atom stereocenters. The Bertz CT molecular complexity index is 427. The standard InChI is InChI=1S/C13H24N6/c1-5-11-9-10(2)16-13(17-11)18-12(14)15-7-6-8-19(3)4/h9H,5-8H2,1-4H3,(H3,14,15,16,17,18). The lowest BCUT2D eigenvalue weighted by Crippen LogP contribution is -2.25. The number of aromatic nitrogens is 2. The molecule has 0 saturated heterocycles. The van der Waals surface area contributed by atoms with Gasteiger partial charge in [-0.15, -0.1) is 0 Å². The van der Waals surface area contributed by atoms with Gasteiger partial charge in [-0.1, -0.05) is 6.92 Å². The molecule has 6 nitrogen and oxygen atoms in total. The zero-order chi connectivity index (χ0) is 14.3. The van der Waals surface area contributed by atoms with Crippen LogP contribution < -0.4 is 11.1 Å². The summed E-state index contributed by atoms with van der Waals surface area (Å²) in [5.41, 5.74) is 7.73. The van der Waals surface area contributed by atoms with Crippen molar-refractivity contribution in [1.29, 1.82) is 0 Å². The molecule has 1 heterocycles. The van der Waals surface area contributed by atoms with Gasteiger partial charge >= 0.3 is 0 Å². The molecule has 0 unspecified atom stereocenters. The number of rotatable bonds is 6.